The van der Waals surface area contributed by atoms with E-state index < -0.39 is 0 Å². The zero-order valence-corrected chi connectivity index (χ0v) is 8.11. The highest BCUT2D eigenvalue weighted by atomic mass is 14.5. The summed E-state index contributed by atoms with van der Waals surface area (Å²) in [5.41, 5.74) is 6.84. The molecule has 1 nitrogen and oxygen atoms in total. The van der Waals surface area contributed by atoms with Crippen molar-refractivity contribution in [1.82, 2.24) is 0 Å². The first-order valence-electron chi connectivity index (χ1n) is 4.74. The van der Waals surface area contributed by atoms with Crippen LogP contribution in [0.25, 0.3) is 0 Å². The molecule has 0 aliphatic heterocycles. The molecule has 1 aliphatic rings. The first kappa shape index (κ1) is 10.0. The Hall–Kier alpha value is -1.08. The van der Waals surface area contributed by atoms with Gasteiger partial charge in [0.15, 0.2) is 0 Å². The molecular weight excluding hydrogens is 158 g/mol. The minimum absolute atomic E-state index is 0.518. The summed E-state index contributed by atoms with van der Waals surface area (Å²) in [4.78, 5) is 0. The molecule has 1 aliphatic carbocycles. The summed E-state index contributed by atoms with van der Waals surface area (Å²) >= 11 is 0. The Balaban J connectivity index is 2.70. The van der Waals surface area contributed by atoms with E-state index in [-0.39, 0.29) is 0 Å². The summed E-state index contributed by atoms with van der Waals surface area (Å²) in [5, 5.41) is 0. The molecule has 0 amide bonds. The van der Waals surface area contributed by atoms with Gasteiger partial charge in [-0.05, 0) is 18.9 Å². The van der Waals surface area contributed by atoms with E-state index in [4.69, 9.17) is 5.73 Å². The van der Waals surface area contributed by atoms with E-state index in [2.05, 4.69) is 42.5 Å². The maximum absolute atomic E-state index is 5.51. The molecule has 1 rings (SSSR count). The van der Waals surface area contributed by atoms with Gasteiger partial charge in [-0.2, -0.15) is 0 Å². The van der Waals surface area contributed by atoms with Crippen LogP contribution in [0.1, 0.15) is 13.3 Å². The van der Waals surface area contributed by atoms with Crippen LogP contribution in [0.5, 0.6) is 0 Å². The standard InChI is InChI=1S/C12H17N/c1-2-6-11(9-10-13)12-7-4-3-5-8-12/h2-7,9,12H,8,10,13H2,1H3/b6-2-,11-9+. The maximum atomic E-state index is 5.51. The number of hydrogen-bond donors (Lipinski definition) is 1. The Morgan fingerprint density at radius 1 is 1.54 bits per heavy atom. The summed E-state index contributed by atoms with van der Waals surface area (Å²) in [6, 6.07) is 0. The van der Waals surface area contributed by atoms with E-state index in [1.807, 2.05) is 6.92 Å². The fourth-order valence-electron chi connectivity index (χ4n) is 1.50. The Morgan fingerprint density at radius 2 is 2.38 bits per heavy atom. The molecule has 70 valence electrons. The molecule has 0 aromatic rings. The van der Waals surface area contributed by atoms with Crippen molar-refractivity contribution < 1.29 is 0 Å². The van der Waals surface area contributed by atoms with E-state index in [1.54, 1.807) is 0 Å². The van der Waals surface area contributed by atoms with Gasteiger partial charge >= 0.3 is 0 Å². The lowest BCUT2D eigenvalue weighted by molar-refractivity contribution is 0.782. The molecule has 0 saturated carbocycles. The van der Waals surface area contributed by atoms with E-state index in [1.165, 1.54) is 5.57 Å². The molecule has 0 aromatic carbocycles. The predicted octanol–water partition coefficient (Wildman–Crippen LogP) is 2.58. The number of rotatable bonds is 3. The van der Waals surface area contributed by atoms with Crippen LogP contribution in [0.2, 0.25) is 0 Å². The van der Waals surface area contributed by atoms with Gasteiger partial charge in [0, 0.05) is 12.5 Å². The van der Waals surface area contributed by atoms with Gasteiger partial charge < -0.3 is 5.73 Å². The van der Waals surface area contributed by atoms with Crippen molar-refractivity contribution in [2.24, 2.45) is 11.7 Å². The highest BCUT2D eigenvalue weighted by Crippen LogP contribution is 2.21. The van der Waals surface area contributed by atoms with Crippen LogP contribution in [-0.2, 0) is 0 Å². The van der Waals surface area contributed by atoms with Crippen LogP contribution in [0, 0.1) is 5.92 Å². The molecule has 2 N–H and O–H groups in total. The molecular formula is C12H17N. The summed E-state index contributed by atoms with van der Waals surface area (Å²) in [6.45, 7) is 2.65. The molecule has 0 heterocycles. The van der Waals surface area contributed by atoms with Crippen molar-refractivity contribution in [3.8, 4) is 0 Å². The average Bonchev–Trinajstić information content (AvgIpc) is 2.19. The molecule has 1 heteroatoms. The molecule has 0 radical (unpaired) electrons. The van der Waals surface area contributed by atoms with Crippen LogP contribution in [0.3, 0.4) is 0 Å². The highest BCUT2D eigenvalue weighted by Gasteiger charge is 2.07. The molecule has 0 bridgehead atoms. The van der Waals surface area contributed by atoms with Crippen molar-refractivity contribution in [2.45, 2.75) is 13.3 Å². The van der Waals surface area contributed by atoms with E-state index in [9.17, 15) is 0 Å². The van der Waals surface area contributed by atoms with Crippen LogP contribution >= 0.6 is 0 Å². The van der Waals surface area contributed by atoms with Crippen molar-refractivity contribution in [3.63, 3.8) is 0 Å². The maximum Gasteiger partial charge on any atom is 0.0112 e. The van der Waals surface area contributed by atoms with Crippen LogP contribution < -0.4 is 5.73 Å². The van der Waals surface area contributed by atoms with Crippen LogP contribution in [0.15, 0.2) is 48.1 Å². The smallest absolute Gasteiger partial charge is 0.0112 e. The van der Waals surface area contributed by atoms with Crippen molar-refractivity contribution in [1.29, 1.82) is 0 Å². The van der Waals surface area contributed by atoms with Gasteiger partial charge in [-0.3, -0.25) is 0 Å². The summed E-state index contributed by atoms with van der Waals surface area (Å²) in [6.07, 6.45) is 16.0. The minimum atomic E-state index is 0.518. The van der Waals surface area contributed by atoms with Gasteiger partial charge in [0.25, 0.3) is 0 Å². The van der Waals surface area contributed by atoms with Gasteiger partial charge in [-0.25, -0.2) is 0 Å². The third-order valence-electron chi connectivity index (χ3n) is 2.12. The molecule has 13 heavy (non-hydrogen) atoms. The quantitative estimate of drug-likeness (QED) is 0.655. The molecule has 0 fully saturated rings. The third kappa shape index (κ3) is 3.03. The first-order valence-corrected chi connectivity index (χ1v) is 4.74. The topological polar surface area (TPSA) is 26.0 Å². The summed E-state index contributed by atoms with van der Waals surface area (Å²) < 4.78 is 0. The molecule has 0 aromatic heterocycles. The van der Waals surface area contributed by atoms with Crippen molar-refractivity contribution >= 4 is 0 Å². The fourth-order valence-corrected chi connectivity index (χ4v) is 1.50. The molecule has 0 saturated heterocycles. The lowest BCUT2D eigenvalue weighted by Crippen LogP contribution is -2.03. The van der Waals surface area contributed by atoms with E-state index in [0.717, 1.165) is 6.42 Å². The summed E-state index contributed by atoms with van der Waals surface area (Å²) in [7, 11) is 0. The average molecular weight is 175 g/mol. The minimum Gasteiger partial charge on any atom is -0.327 e. The fraction of sp³-hybridized carbons (Fsp3) is 0.333. The van der Waals surface area contributed by atoms with Gasteiger partial charge in [0.1, 0.15) is 0 Å². The Labute approximate surface area is 80.3 Å². The predicted molar refractivity (Wildman–Crippen MR) is 58.3 cm³/mol. The number of nitrogens with two attached hydrogens (primary N) is 1. The first-order chi connectivity index (χ1) is 6.38. The Kier molecular flexibility index (Phi) is 4.27. The van der Waals surface area contributed by atoms with Gasteiger partial charge in [-0.15, -0.1) is 0 Å². The number of allylic oxidation sites excluding steroid dienone is 7. The van der Waals surface area contributed by atoms with E-state index >= 15 is 0 Å². The second kappa shape index (κ2) is 5.55. The second-order valence-electron chi connectivity index (χ2n) is 3.10. The van der Waals surface area contributed by atoms with Crippen molar-refractivity contribution in [2.75, 3.05) is 6.54 Å². The van der Waals surface area contributed by atoms with Crippen molar-refractivity contribution in [3.05, 3.63) is 48.1 Å². The number of hydrogen-bond acceptors (Lipinski definition) is 1. The monoisotopic (exact) mass is 175 g/mol. The molecule has 1 unspecified atom stereocenters. The largest absolute Gasteiger partial charge is 0.327 e. The van der Waals surface area contributed by atoms with Gasteiger partial charge in [0.05, 0.1) is 0 Å². The lowest BCUT2D eigenvalue weighted by atomic mass is 9.91. The Morgan fingerprint density at radius 3 is 2.92 bits per heavy atom. The second-order valence-corrected chi connectivity index (χ2v) is 3.10. The lowest BCUT2D eigenvalue weighted by Gasteiger charge is -2.14. The molecule has 1 atom stereocenters. The van der Waals surface area contributed by atoms with Gasteiger partial charge in [-0.1, -0.05) is 42.5 Å². The normalized spacial score (nSPS) is 22.9. The van der Waals surface area contributed by atoms with E-state index in [0.29, 0.717) is 12.5 Å². The highest BCUT2D eigenvalue weighted by molar-refractivity contribution is 5.29. The zero-order valence-electron chi connectivity index (χ0n) is 8.11. The Bertz CT molecular complexity index is 256. The zero-order chi connectivity index (χ0) is 9.52. The van der Waals surface area contributed by atoms with Gasteiger partial charge in [0.2, 0.25) is 0 Å². The van der Waals surface area contributed by atoms with Crippen LogP contribution in [-0.4, -0.2) is 6.54 Å². The van der Waals surface area contributed by atoms with Crippen LogP contribution in [0.4, 0.5) is 0 Å². The summed E-state index contributed by atoms with van der Waals surface area (Å²) in [5.74, 6) is 0.518. The third-order valence-corrected chi connectivity index (χ3v) is 2.12. The molecule has 0 spiro atoms. The SMILES string of the molecule is C/C=C\C(=C/CN)C1C=CC=CC1.